The van der Waals surface area contributed by atoms with Crippen molar-refractivity contribution in [1.82, 2.24) is 10.2 Å². The van der Waals surface area contributed by atoms with Crippen LogP contribution in [0.4, 0.5) is 0 Å². The van der Waals surface area contributed by atoms with Crippen LogP contribution in [0, 0.1) is 5.92 Å². The van der Waals surface area contributed by atoms with Gasteiger partial charge < -0.3 is 14.6 Å². The Balaban J connectivity index is 1.34. The lowest BCUT2D eigenvalue weighted by atomic mass is 9.91. The Kier molecular flexibility index (Phi) is 3.48. The molecule has 1 aromatic carbocycles. The number of fused-ring (bicyclic) bond motifs is 3. The number of nitrogens with one attached hydrogen (secondary N) is 1. The summed E-state index contributed by atoms with van der Waals surface area (Å²) in [7, 11) is 2.31. The summed E-state index contributed by atoms with van der Waals surface area (Å²) in [6, 6.07) is 9.96. The Morgan fingerprint density at radius 2 is 1.95 bits per heavy atom. The average Bonchev–Trinajstić information content (AvgIpc) is 2.97. The molecule has 2 aliphatic heterocycles. The van der Waals surface area contributed by atoms with Crippen molar-refractivity contribution in [3.8, 4) is 0 Å². The molecule has 2 saturated heterocycles. The maximum atomic E-state index is 5.60. The van der Waals surface area contributed by atoms with Crippen molar-refractivity contribution in [2.24, 2.45) is 5.92 Å². The van der Waals surface area contributed by atoms with E-state index in [0.717, 1.165) is 36.7 Å². The molecule has 2 bridgehead atoms. The number of piperidine rings is 1. The Hall–Kier alpha value is -1.32. The molecule has 112 valence electrons. The van der Waals surface area contributed by atoms with Gasteiger partial charge in [0.1, 0.15) is 5.58 Å². The van der Waals surface area contributed by atoms with E-state index in [2.05, 4.69) is 29.4 Å². The first-order chi connectivity index (χ1) is 10.3. The molecule has 0 amide bonds. The van der Waals surface area contributed by atoms with E-state index in [4.69, 9.17) is 4.42 Å². The minimum absolute atomic E-state index is 0.838. The van der Waals surface area contributed by atoms with Gasteiger partial charge >= 0.3 is 0 Å². The van der Waals surface area contributed by atoms with E-state index in [1.54, 1.807) is 0 Å². The predicted molar refractivity (Wildman–Crippen MR) is 85.2 cm³/mol. The summed E-state index contributed by atoms with van der Waals surface area (Å²) in [5, 5.41) is 4.90. The molecule has 0 saturated carbocycles. The molecule has 2 aliphatic rings. The second-order valence-corrected chi connectivity index (χ2v) is 6.78. The van der Waals surface area contributed by atoms with Gasteiger partial charge in [-0.05, 0) is 51.3 Å². The largest absolute Gasteiger partial charge is 0.464 e. The summed E-state index contributed by atoms with van der Waals surface area (Å²) in [5.41, 5.74) is 2.27. The van der Waals surface area contributed by atoms with E-state index in [1.807, 2.05) is 18.4 Å². The molecule has 2 aromatic rings. The zero-order valence-corrected chi connectivity index (χ0v) is 12.7. The molecular weight excluding hydrogens is 260 g/mol. The van der Waals surface area contributed by atoms with Crippen LogP contribution in [-0.4, -0.2) is 30.6 Å². The van der Waals surface area contributed by atoms with Gasteiger partial charge in [0.25, 0.3) is 0 Å². The molecule has 4 rings (SSSR count). The molecule has 0 radical (unpaired) electrons. The van der Waals surface area contributed by atoms with Crippen LogP contribution in [0.3, 0.4) is 0 Å². The zero-order chi connectivity index (χ0) is 14.2. The molecule has 3 nitrogen and oxygen atoms in total. The second-order valence-electron chi connectivity index (χ2n) is 6.78. The van der Waals surface area contributed by atoms with E-state index in [0.29, 0.717) is 0 Å². The molecule has 0 spiro atoms. The van der Waals surface area contributed by atoms with E-state index in [1.165, 1.54) is 36.6 Å². The second kappa shape index (κ2) is 5.47. The van der Waals surface area contributed by atoms with Crippen LogP contribution in [0.2, 0.25) is 0 Å². The van der Waals surface area contributed by atoms with Gasteiger partial charge in [0, 0.05) is 29.6 Å². The highest BCUT2D eigenvalue weighted by molar-refractivity contribution is 5.80. The summed E-state index contributed by atoms with van der Waals surface area (Å²) >= 11 is 0. The van der Waals surface area contributed by atoms with E-state index < -0.39 is 0 Å². The monoisotopic (exact) mass is 284 g/mol. The summed E-state index contributed by atoms with van der Waals surface area (Å²) in [5.74, 6) is 0.844. The van der Waals surface area contributed by atoms with Crippen molar-refractivity contribution >= 4 is 11.0 Å². The number of para-hydroxylation sites is 1. The fraction of sp³-hybridized carbons (Fsp3) is 0.556. The molecule has 2 unspecified atom stereocenters. The maximum Gasteiger partial charge on any atom is 0.134 e. The minimum Gasteiger partial charge on any atom is -0.464 e. The number of nitrogens with zero attached hydrogens (tertiary/aromatic N) is 1. The van der Waals surface area contributed by atoms with Crippen molar-refractivity contribution in [3.05, 3.63) is 36.1 Å². The maximum absolute atomic E-state index is 5.60. The van der Waals surface area contributed by atoms with Crippen LogP contribution in [0.15, 0.2) is 34.9 Å². The molecule has 21 heavy (non-hydrogen) atoms. The van der Waals surface area contributed by atoms with Crippen molar-refractivity contribution in [2.45, 2.75) is 44.3 Å². The number of benzene rings is 1. The first kappa shape index (κ1) is 13.4. The lowest BCUT2D eigenvalue weighted by Gasteiger charge is -2.36. The molecule has 1 aromatic heterocycles. The van der Waals surface area contributed by atoms with Gasteiger partial charge in [0.15, 0.2) is 0 Å². The molecule has 2 atom stereocenters. The SMILES string of the molecule is CN1C2CCC1CC(CNCc1coc3ccccc13)C2. The normalized spacial score (nSPS) is 29.3. The summed E-state index contributed by atoms with van der Waals surface area (Å²) in [4.78, 5) is 2.61. The third-order valence-corrected chi connectivity index (χ3v) is 5.51. The first-order valence-corrected chi connectivity index (χ1v) is 8.19. The average molecular weight is 284 g/mol. The minimum atomic E-state index is 0.838. The van der Waals surface area contributed by atoms with Crippen molar-refractivity contribution in [1.29, 1.82) is 0 Å². The topological polar surface area (TPSA) is 28.4 Å². The van der Waals surface area contributed by atoms with Crippen LogP contribution in [0.1, 0.15) is 31.2 Å². The van der Waals surface area contributed by atoms with Gasteiger partial charge in [0.05, 0.1) is 6.26 Å². The number of hydrogen-bond donors (Lipinski definition) is 1. The predicted octanol–water partition coefficient (Wildman–Crippen LogP) is 3.40. The summed E-state index contributed by atoms with van der Waals surface area (Å²) in [6.07, 6.45) is 7.45. The van der Waals surface area contributed by atoms with Crippen LogP contribution in [-0.2, 0) is 6.54 Å². The summed E-state index contributed by atoms with van der Waals surface area (Å²) in [6.45, 7) is 2.05. The Bertz CT molecular complexity index is 606. The van der Waals surface area contributed by atoms with Crippen LogP contribution in [0.25, 0.3) is 11.0 Å². The van der Waals surface area contributed by atoms with Gasteiger partial charge in [-0.3, -0.25) is 0 Å². The highest BCUT2D eigenvalue weighted by atomic mass is 16.3. The van der Waals surface area contributed by atoms with Crippen LogP contribution < -0.4 is 5.32 Å². The van der Waals surface area contributed by atoms with Crippen LogP contribution >= 0.6 is 0 Å². The van der Waals surface area contributed by atoms with Crippen molar-refractivity contribution in [3.63, 3.8) is 0 Å². The highest BCUT2D eigenvalue weighted by Gasteiger charge is 2.37. The lowest BCUT2D eigenvalue weighted by Crippen LogP contribution is -2.42. The van der Waals surface area contributed by atoms with E-state index >= 15 is 0 Å². The third-order valence-electron chi connectivity index (χ3n) is 5.51. The molecule has 2 fully saturated rings. The van der Waals surface area contributed by atoms with E-state index in [-0.39, 0.29) is 0 Å². The third kappa shape index (κ3) is 2.49. The fourth-order valence-electron chi connectivity index (χ4n) is 4.27. The highest BCUT2D eigenvalue weighted by Crippen LogP contribution is 2.37. The van der Waals surface area contributed by atoms with Gasteiger partial charge in [-0.1, -0.05) is 18.2 Å². The quantitative estimate of drug-likeness (QED) is 0.933. The van der Waals surface area contributed by atoms with E-state index in [9.17, 15) is 0 Å². The molecule has 1 N–H and O–H groups in total. The zero-order valence-electron chi connectivity index (χ0n) is 12.7. The smallest absolute Gasteiger partial charge is 0.134 e. The van der Waals surface area contributed by atoms with Gasteiger partial charge in [-0.25, -0.2) is 0 Å². The number of furan rings is 1. The molecule has 0 aliphatic carbocycles. The molecular formula is C18H24N2O. The standard InChI is InChI=1S/C18H24N2O/c1-20-15-6-7-16(20)9-13(8-15)10-19-11-14-12-21-18-5-3-2-4-17(14)18/h2-5,12-13,15-16,19H,6-11H2,1H3. The van der Waals surface area contributed by atoms with Crippen molar-refractivity contribution in [2.75, 3.05) is 13.6 Å². The first-order valence-electron chi connectivity index (χ1n) is 8.19. The number of hydrogen-bond acceptors (Lipinski definition) is 3. The lowest BCUT2D eigenvalue weighted by molar-refractivity contribution is 0.133. The van der Waals surface area contributed by atoms with Crippen molar-refractivity contribution < 1.29 is 4.42 Å². The molecule has 3 heterocycles. The number of rotatable bonds is 4. The van der Waals surface area contributed by atoms with Gasteiger partial charge in [-0.2, -0.15) is 0 Å². The van der Waals surface area contributed by atoms with Gasteiger partial charge in [0.2, 0.25) is 0 Å². The Morgan fingerprint density at radius 1 is 1.19 bits per heavy atom. The summed E-state index contributed by atoms with van der Waals surface area (Å²) < 4.78 is 5.60. The fourth-order valence-corrected chi connectivity index (χ4v) is 4.27. The Labute approximate surface area is 126 Å². The Morgan fingerprint density at radius 3 is 2.76 bits per heavy atom. The molecule has 3 heteroatoms. The van der Waals surface area contributed by atoms with Crippen LogP contribution in [0.5, 0.6) is 0 Å². The van der Waals surface area contributed by atoms with Gasteiger partial charge in [-0.15, -0.1) is 0 Å².